The predicted octanol–water partition coefficient (Wildman–Crippen LogP) is 6.65. The van der Waals surface area contributed by atoms with Gasteiger partial charge in [0.2, 0.25) is 0 Å². The molecular formula is C23H46O4Si. The van der Waals surface area contributed by atoms with Gasteiger partial charge in [0.25, 0.3) is 0 Å². The van der Waals surface area contributed by atoms with Gasteiger partial charge >= 0.3 is 5.97 Å². The van der Waals surface area contributed by atoms with Crippen molar-refractivity contribution in [1.29, 1.82) is 0 Å². The first-order valence-electron chi connectivity index (χ1n) is 11.3. The van der Waals surface area contributed by atoms with Crippen molar-refractivity contribution in [3.05, 3.63) is 12.2 Å². The number of methoxy groups -OCH3 is 2. The molecule has 0 aromatic heterocycles. The van der Waals surface area contributed by atoms with Gasteiger partial charge in [-0.1, -0.05) is 57.6 Å². The monoisotopic (exact) mass is 414 g/mol. The van der Waals surface area contributed by atoms with Crippen LogP contribution in [0.15, 0.2) is 12.2 Å². The fraction of sp³-hybridized carbons (Fsp3) is 0.870. The molecule has 166 valence electrons. The Bertz CT molecular complexity index is 404. The molecule has 0 radical (unpaired) electrons. The SMILES string of the molecule is CCCCCC(O[Si](C)(C)C)C(C/C=C/CCCCCCCC(=O)OC)OC. The van der Waals surface area contributed by atoms with Gasteiger partial charge in [-0.15, -0.1) is 0 Å². The average Bonchev–Trinajstić information content (AvgIpc) is 2.64. The number of hydrogen-bond donors (Lipinski definition) is 0. The molecule has 5 heteroatoms. The molecule has 0 aromatic rings. The number of unbranched alkanes of at least 4 members (excludes halogenated alkanes) is 7. The second-order valence-electron chi connectivity index (χ2n) is 8.63. The van der Waals surface area contributed by atoms with E-state index in [1.165, 1.54) is 45.6 Å². The van der Waals surface area contributed by atoms with Crippen LogP contribution in [-0.4, -0.2) is 40.7 Å². The van der Waals surface area contributed by atoms with Crippen LogP contribution in [0.2, 0.25) is 19.6 Å². The van der Waals surface area contributed by atoms with Crippen molar-refractivity contribution in [2.45, 2.75) is 116 Å². The lowest BCUT2D eigenvalue weighted by atomic mass is 10.0. The van der Waals surface area contributed by atoms with E-state index in [0.717, 1.165) is 32.1 Å². The number of carbonyl (C=O) groups is 1. The lowest BCUT2D eigenvalue weighted by molar-refractivity contribution is -0.140. The van der Waals surface area contributed by atoms with Gasteiger partial charge in [0.05, 0.1) is 19.3 Å². The maximum absolute atomic E-state index is 11.0. The third-order valence-electron chi connectivity index (χ3n) is 4.83. The van der Waals surface area contributed by atoms with Gasteiger partial charge in [-0.2, -0.15) is 0 Å². The Balaban J connectivity index is 4.10. The van der Waals surface area contributed by atoms with Crippen LogP contribution in [0.4, 0.5) is 0 Å². The summed E-state index contributed by atoms with van der Waals surface area (Å²) in [5.74, 6) is -0.0956. The Morgan fingerprint density at radius 1 is 0.893 bits per heavy atom. The van der Waals surface area contributed by atoms with Gasteiger partial charge in [-0.25, -0.2) is 0 Å². The van der Waals surface area contributed by atoms with Crippen molar-refractivity contribution in [3.63, 3.8) is 0 Å². The number of hydrogen-bond acceptors (Lipinski definition) is 4. The highest BCUT2D eigenvalue weighted by Crippen LogP contribution is 2.20. The molecular weight excluding hydrogens is 368 g/mol. The van der Waals surface area contributed by atoms with Crippen LogP contribution >= 0.6 is 0 Å². The quantitative estimate of drug-likeness (QED) is 0.109. The van der Waals surface area contributed by atoms with Gasteiger partial charge in [0, 0.05) is 13.5 Å². The van der Waals surface area contributed by atoms with E-state index in [0.29, 0.717) is 6.42 Å². The second kappa shape index (κ2) is 17.2. The topological polar surface area (TPSA) is 44.8 Å². The zero-order valence-corrected chi connectivity index (χ0v) is 20.4. The fourth-order valence-electron chi connectivity index (χ4n) is 3.28. The maximum atomic E-state index is 11.0. The number of rotatable bonds is 18. The lowest BCUT2D eigenvalue weighted by Crippen LogP contribution is -2.39. The summed E-state index contributed by atoms with van der Waals surface area (Å²) in [6.07, 6.45) is 18.0. The zero-order chi connectivity index (χ0) is 21.3. The van der Waals surface area contributed by atoms with Crippen molar-refractivity contribution >= 4 is 14.3 Å². The Hall–Kier alpha value is -0.653. The summed E-state index contributed by atoms with van der Waals surface area (Å²) in [5.41, 5.74) is 0. The van der Waals surface area contributed by atoms with Crippen molar-refractivity contribution in [3.8, 4) is 0 Å². The van der Waals surface area contributed by atoms with Crippen molar-refractivity contribution in [2.24, 2.45) is 0 Å². The van der Waals surface area contributed by atoms with E-state index in [-0.39, 0.29) is 18.2 Å². The van der Waals surface area contributed by atoms with E-state index in [9.17, 15) is 4.79 Å². The molecule has 0 aliphatic heterocycles. The predicted molar refractivity (Wildman–Crippen MR) is 121 cm³/mol. The molecule has 0 aliphatic rings. The Morgan fingerprint density at radius 3 is 2.18 bits per heavy atom. The first-order valence-corrected chi connectivity index (χ1v) is 14.7. The summed E-state index contributed by atoms with van der Waals surface area (Å²) in [6, 6.07) is 0. The van der Waals surface area contributed by atoms with Crippen molar-refractivity contribution in [1.82, 2.24) is 0 Å². The Kier molecular flexibility index (Phi) is 16.8. The molecule has 2 atom stereocenters. The van der Waals surface area contributed by atoms with Crippen molar-refractivity contribution < 1.29 is 18.7 Å². The Labute approximate surface area is 175 Å². The van der Waals surface area contributed by atoms with E-state index in [1.54, 1.807) is 0 Å². The summed E-state index contributed by atoms with van der Waals surface area (Å²) in [4.78, 5) is 11.0. The van der Waals surface area contributed by atoms with Gasteiger partial charge in [0.15, 0.2) is 8.32 Å². The molecule has 0 aliphatic carbocycles. The van der Waals surface area contributed by atoms with Gasteiger partial charge in [-0.05, 0) is 51.7 Å². The standard InChI is InChI=1S/C23H46O4Si/c1-7-8-15-19-22(27-28(4,5)6)21(25-2)18-16-13-11-9-10-12-14-17-20-23(24)26-3/h13,16,21-22H,7-12,14-15,17-20H2,1-6H3/b16-13+. The van der Waals surface area contributed by atoms with Gasteiger partial charge < -0.3 is 13.9 Å². The third-order valence-corrected chi connectivity index (χ3v) is 5.84. The van der Waals surface area contributed by atoms with E-state index in [4.69, 9.17) is 9.16 Å². The van der Waals surface area contributed by atoms with E-state index in [1.807, 2.05) is 7.11 Å². The van der Waals surface area contributed by atoms with Crippen LogP contribution in [0.5, 0.6) is 0 Å². The highest BCUT2D eigenvalue weighted by atomic mass is 28.4. The summed E-state index contributed by atoms with van der Waals surface area (Å²) in [5, 5.41) is 0. The van der Waals surface area contributed by atoms with E-state index < -0.39 is 8.32 Å². The Morgan fingerprint density at radius 2 is 1.57 bits per heavy atom. The minimum Gasteiger partial charge on any atom is -0.469 e. The summed E-state index contributed by atoms with van der Waals surface area (Å²) >= 11 is 0. The molecule has 0 spiro atoms. The van der Waals surface area contributed by atoms with Crippen LogP contribution < -0.4 is 0 Å². The molecule has 0 fully saturated rings. The highest BCUT2D eigenvalue weighted by molar-refractivity contribution is 6.69. The normalized spacial score (nSPS) is 14.4. The second-order valence-corrected chi connectivity index (χ2v) is 13.1. The zero-order valence-electron chi connectivity index (χ0n) is 19.4. The van der Waals surface area contributed by atoms with Crippen molar-refractivity contribution in [2.75, 3.05) is 14.2 Å². The molecule has 2 unspecified atom stereocenters. The molecule has 0 amide bonds. The maximum Gasteiger partial charge on any atom is 0.305 e. The first kappa shape index (κ1) is 27.3. The van der Waals surface area contributed by atoms with Crippen LogP contribution in [0.25, 0.3) is 0 Å². The number of allylic oxidation sites excluding steroid dienone is 1. The third kappa shape index (κ3) is 16.3. The van der Waals surface area contributed by atoms with E-state index in [2.05, 4.69) is 43.5 Å². The minimum absolute atomic E-state index is 0.0956. The molecule has 0 saturated heterocycles. The molecule has 28 heavy (non-hydrogen) atoms. The van der Waals surface area contributed by atoms with Crippen LogP contribution in [0, 0.1) is 0 Å². The van der Waals surface area contributed by atoms with Crippen LogP contribution in [-0.2, 0) is 18.7 Å². The first-order chi connectivity index (χ1) is 13.3. The molecule has 0 aromatic carbocycles. The van der Waals surface area contributed by atoms with Crippen LogP contribution in [0.3, 0.4) is 0 Å². The molecule has 0 heterocycles. The highest BCUT2D eigenvalue weighted by Gasteiger charge is 2.27. The lowest BCUT2D eigenvalue weighted by Gasteiger charge is -2.31. The van der Waals surface area contributed by atoms with Gasteiger partial charge in [-0.3, -0.25) is 4.79 Å². The summed E-state index contributed by atoms with van der Waals surface area (Å²) < 4.78 is 16.9. The molecule has 0 saturated carbocycles. The average molecular weight is 415 g/mol. The largest absolute Gasteiger partial charge is 0.469 e. The molecule has 0 rings (SSSR count). The number of carbonyl (C=O) groups excluding carboxylic acids is 1. The molecule has 0 bridgehead atoms. The minimum atomic E-state index is -1.58. The summed E-state index contributed by atoms with van der Waals surface area (Å²) in [7, 11) is 1.69. The summed E-state index contributed by atoms with van der Waals surface area (Å²) in [6.45, 7) is 9.01. The number of ether oxygens (including phenoxy) is 2. The van der Waals surface area contributed by atoms with Gasteiger partial charge in [0.1, 0.15) is 0 Å². The smallest absolute Gasteiger partial charge is 0.305 e. The fourth-order valence-corrected chi connectivity index (χ4v) is 4.46. The molecule has 0 N–H and O–H groups in total. The van der Waals surface area contributed by atoms with Crippen LogP contribution in [0.1, 0.15) is 84.0 Å². The number of esters is 1. The van der Waals surface area contributed by atoms with E-state index >= 15 is 0 Å². The molecule has 4 nitrogen and oxygen atoms in total.